The Bertz CT molecular complexity index is 1090. The molecule has 7 nitrogen and oxygen atoms in total. The highest BCUT2D eigenvalue weighted by molar-refractivity contribution is 6.42. The summed E-state index contributed by atoms with van der Waals surface area (Å²) in [6.45, 7) is 2.27. The normalized spacial score (nSPS) is 16.8. The molecule has 2 heterocycles. The lowest BCUT2D eigenvalue weighted by atomic mass is 10.2. The summed E-state index contributed by atoms with van der Waals surface area (Å²) >= 11 is 12.1. The van der Waals surface area contributed by atoms with E-state index in [2.05, 4.69) is 15.3 Å². The summed E-state index contributed by atoms with van der Waals surface area (Å²) in [6, 6.07) is 8.88. The van der Waals surface area contributed by atoms with Crippen molar-refractivity contribution >= 4 is 45.6 Å². The topological polar surface area (TPSA) is 68.7 Å². The van der Waals surface area contributed by atoms with Crippen molar-refractivity contribution < 1.29 is 18.6 Å². The first kappa shape index (κ1) is 22.8. The number of alkyl halides is 1. The Morgan fingerprint density at radius 3 is 2.84 bits per heavy atom. The van der Waals surface area contributed by atoms with Crippen molar-refractivity contribution in [2.45, 2.75) is 6.10 Å². The molecule has 170 valence electrons. The van der Waals surface area contributed by atoms with Gasteiger partial charge in [0.1, 0.15) is 31.5 Å². The second-order valence-electron chi connectivity index (χ2n) is 7.29. The zero-order chi connectivity index (χ0) is 22.5. The number of nitrogens with one attached hydrogen (secondary N) is 1. The summed E-state index contributed by atoms with van der Waals surface area (Å²) in [5.41, 5.74) is 1.42. The maximum Gasteiger partial charge on any atom is 0.163 e. The largest absolute Gasteiger partial charge is 0.493 e. The van der Waals surface area contributed by atoms with Gasteiger partial charge in [-0.25, -0.2) is 14.4 Å². The number of hydrogen-bond acceptors (Lipinski definition) is 7. The molecular formula is C22H23Cl2FN4O3. The third kappa shape index (κ3) is 5.32. The number of benzene rings is 2. The molecule has 2 aromatic carbocycles. The van der Waals surface area contributed by atoms with Gasteiger partial charge >= 0.3 is 0 Å². The van der Waals surface area contributed by atoms with Gasteiger partial charge in [-0.3, -0.25) is 4.90 Å². The van der Waals surface area contributed by atoms with E-state index in [-0.39, 0.29) is 12.8 Å². The summed E-state index contributed by atoms with van der Waals surface area (Å²) < 4.78 is 30.0. The van der Waals surface area contributed by atoms with Gasteiger partial charge in [-0.15, -0.1) is 0 Å². The van der Waals surface area contributed by atoms with E-state index in [0.29, 0.717) is 59.2 Å². The summed E-state index contributed by atoms with van der Waals surface area (Å²) in [6.07, 6.45) is 1.32. The van der Waals surface area contributed by atoms with Crippen LogP contribution in [-0.2, 0) is 4.74 Å². The Morgan fingerprint density at radius 2 is 2.06 bits per heavy atom. The molecule has 1 aliphatic heterocycles. The van der Waals surface area contributed by atoms with E-state index >= 15 is 0 Å². The number of morpholine rings is 1. The Kier molecular flexibility index (Phi) is 7.47. The Hall–Kier alpha value is -2.39. The fraction of sp³-hybridized carbons (Fsp3) is 0.364. The first-order valence-corrected chi connectivity index (χ1v) is 10.9. The average molecular weight is 481 g/mol. The van der Waals surface area contributed by atoms with Gasteiger partial charge in [-0.05, 0) is 24.3 Å². The minimum atomic E-state index is -0.371. The van der Waals surface area contributed by atoms with E-state index in [1.807, 2.05) is 17.0 Å². The smallest absolute Gasteiger partial charge is 0.163 e. The van der Waals surface area contributed by atoms with Crippen LogP contribution in [0.1, 0.15) is 0 Å². The molecule has 1 aromatic heterocycles. The molecule has 1 fully saturated rings. The quantitative estimate of drug-likeness (QED) is 0.499. The minimum Gasteiger partial charge on any atom is -0.493 e. The molecule has 1 atom stereocenters. The SMILES string of the molecule is COc1cc2c(Nc3ccc(Cl)c(Cl)c3)ncnc2cc1OCC1CN(CCF)CCO1. The molecule has 0 bridgehead atoms. The second-order valence-corrected chi connectivity index (χ2v) is 8.10. The van der Waals surface area contributed by atoms with E-state index in [0.717, 1.165) is 17.6 Å². The van der Waals surface area contributed by atoms with Gasteiger partial charge in [0.05, 0.1) is 29.3 Å². The number of ether oxygens (including phenoxy) is 3. The number of halogens is 3. The Balaban J connectivity index is 1.54. The zero-order valence-electron chi connectivity index (χ0n) is 17.5. The van der Waals surface area contributed by atoms with Crippen LogP contribution in [-0.4, -0.2) is 67.6 Å². The van der Waals surface area contributed by atoms with Crippen LogP contribution >= 0.6 is 23.2 Å². The van der Waals surface area contributed by atoms with Gasteiger partial charge in [0.15, 0.2) is 11.5 Å². The van der Waals surface area contributed by atoms with Crippen LogP contribution in [0.3, 0.4) is 0 Å². The molecule has 1 unspecified atom stereocenters. The highest BCUT2D eigenvalue weighted by Gasteiger charge is 2.22. The molecule has 0 saturated carbocycles. The molecule has 0 spiro atoms. The lowest BCUT2D eigenvalue weighted by Gasteiger charge is -2.32. The molecular weight excluding hydrogens is 458 g/mol. The van der Waals surface area contributed by atoms with Crippen molar-refractivity contribution in [2.75, 3.05) is 51.9 Å². The van der Waals surface area contributed by atoms with Gasteiger partial charge in [0, 0.05) is 36.8 Å². The number of rotatable bonds is 8. The fourth-order valence-corrected chi connectivity index (χ4v) is 3.83. The second kappa shape index (κ2) is 10.5. The predicted molar refractivity (Wildman–Crippen MR) is 123 cm³/mol. The first-order valence-electron chi connectivity index (χ1n) is 10.1. The number of anilines is 2. The third-order valence-corrected chi connectivity index (χ3v) is 5.89. The number of methoxy groups -OCH3 is 1. The number of aromatic nitrogens is 2. The molecule has 0 radical (unpaired) electrons. The molecule has 0 aliphatic carbocycles. The summed E-state index contributed by atoms with van der Waals surface area (Å²) in [7, 11) is 1.57. The highest BCUT2D eigenvalue weighted by atomic mass is 35.5. The standard InChI is InChI=1S/C22H23Cl2FN4O3/c1-30-20-9-16-19(10-21(20)32-12-15-11-29(5-4-25)6-7-31-15)26-13-27-22(16)28-14-2-3-17(23)18(24)8-14/h2-3,8-10,13,15H,4-7,11-12H2,1H3,(H,26,27,28). The predicted octanol–water partition coefficient (Wildman–Crippen LogP) is 4.74. The van der Waals surface area contributed by atoms with Crippen molar-refractivity contribution in [3.63, 3.8) is 0 Å². The van der Waals surface area contributed by atoms with Gasteiger partial charge in [-0.1, -0.05) is 23.2 Å². The van der Waals surface area contributed by atoms with Gasteiger partial charge < -0.3 is 19.5 Å². The molecule has 0 amide bonds. The third-order valence-electron chi connectivity index (χ3n) is 5.15. The van der Waals surface area contributed by atoms with Crippen LogP contribution < -0.4 is 14.8 Å². The maximum atomic E-state index is 12.7. The average Bonchev–Trinajstić information content (AvgIpc) is 2.80. The first-order chi connectivity index (χ1) is 15.6. The molecule has 32 heavy (non-hydrogen) atoms. The zero-order valence-corrected chi connectivity index (χ0v) is 19.0. The van der Waals surface area contributed by atoms with Crippen molar-refractivity contribution in [2.24, 2.45) is 0 Å². The van der Waals surface area contributed by atoms with Gasteiger partial charge in [0.25, 0.3) is 0 Å². The van der Waals surface area contributed by atoms with E-state index in [1.54, 1.807) is 25.3 Å². The van der Waals surface area contributed by atoms with E-state index < -0.39 is 0 Å². The molecule has 1 N–H and O–H groups in total. The Morgan fingerprint density at radius 1 is 1.19 bits per heavy atom. The maximum absolute atomic E-state index is 12.7. The van der Waals surface area contributed by atoms with Crippen LogP contribution in [0.2, 0.25) is 10.0 Å². The van der Waals surface area contributed by atoms with E-state index in [4.69, 9.17) is 37.4 Å². The van der Waals surface area contributed by atoms with Gasteiger partial charge in [-0.2, -0.15) is 0 Å². The van der Waals surface area contributed by atoms with E-state index in [9.17, 15) is 4.39 Å². The lowest BCUT2D eigenvalue weighted by molar-refractivity contribution is -0.0491. The monoisotopic (exact) mass is 480 g/mol. The number of fused-ring (bicyclic) bond motifs is 1. The van der Waals surface area contributed by atoms with Crippen molar-refractivity contribution in [3.05, 3.63) is 46.7 Å². The molecule has 3 aromatic rings. The molecule has 1 aliphatic rings. The van der Waals surface area contributed by atoms with Crippen LogP contribution in [0.5, 0.6) is 11.5 Å². The minimum absolute atomic E-state index is 0.145. The number of hydrogen-bond donors (Lipinski definition) is 1. The summed E-state index contributed by atoms with van der Waals surface area (Å²) in [5, 5.41) is 4.91. The van der Waals surface area contributed by atoms with Crippen molar-refractivity contribution in [3.8, 4) is 11.5 Å². The van der Waals surface area contributed by atoms with Crippen molar-refractivity contribution in [1.29, 1.82) is 0 Å². The summed E-state index contributed by atoms with van der Waals surface area (Å²) in [4.78, 5) is 10.8. The van der Waals surface area contributed by atoms with Gasteiger partial charge in [0.2, 0.25) is 0 Å². The summed E-state index contributed by atoms with van der Waals surface area (Å²) in [5.74, 6) is 1.68. The highest BCUT2D eigenvalue weighted by Crippen LogP contribution is 2.35. The van der Waals surface area contributed by atoms with Crippen LogP contribution in [0.25, 0.3) is 10.9 Å². The van der Waals surface area contributed by atoms with Crippen LogP contribution in [0.4, 0.5) is 15.9 Å². The molecule has 10 heteroatoms. The molecule has 1 saturated heterocycles. The molecule has 4 rings (SSSR count). The van der Waals surface area contributed by atoms with Crippen LogP contribution in [0.15, 0.2) is 36.7 Å². The van der Waals surface area contributed by atoms with Crippen molar-refractivity contribution in [1.82, 2.24) is 14.9 Å². The lowest BCUT2D eigenvalue weighted by Crippen LogP contribution is -2.45. The van der Waals surface area contributed by atoms with Crippen LogP contribution in [0, 0.1) is 0 Å². The van der Waals surface area contributed by atoms with E-state index in [1.165, 1.54) is 6.33 Å². The Labute approximate surface area is 195 Å². The number of nitrogens with zero attached hydrogens (tertiary/aromatic N) is 3. The fourth-order valence-electron chi connectivity index (χ4n) is 3.53.